The number of nitrogens with zero attached hydrogens (tertiary/aromatic N) is 1. The van der Waals surface area contributed by atoms with Crippen LogP contribution >= 0.6 is 0 Å². The highest BCUT2D eigenvalue weighted by atomic mass is 16.5. The summed E-state index contributed by atoms with van der Waals surface area (Å²) in [5.41, 5.74) is 6.74. The Morgan fingerprint density at radius 1 is 1.41 bits per heavy atom. The van der Waals surface area contributed by atoms with Crippen LogP contribution in [0.25, 0.3) is 0 Å². The van der Waals surface area contributed by atoms with E-state index >= 15 is 0 Å². The predicted octanol–water partition coefficient (Wildman–Crippen LogP) is 1.95. The molecule has 0 aromatic heterocycles. The van der Waals surface area contributed by atoms with Gasteiger partial charge in [-0.3, -0.25) is 0 Å². The third-order valence-corrected chi connectivity index (χ3v) is 3.00. The molecule has 1 aromatic carbocycles. The van der Waals surface area contributed by atoms with Gasteiger partial charge < -0.3 is 15.2 Å². The van der Waals surface area contributed by atoms with Gasteiger partial charge in [0.25, 0.3) is 0 Å². The van der Waals surface area contributed by atoms with E-state index in [1.165, 1.54) is 0 Å². The lowest BCUT2D eigenvalue weighted by molar-refractivity contribution is 0.0499. The first-order chi connectivity index (χ1) is 8.31. The molecule has 0 radical (unpaired) electrons. The zero-order valence-electron chi connectivity index (χ0n) is 9.69. The van der Waals surface area contributed by atoms with E-state index in [1.807, 2.05) is 6.07 Å². The van der Waals surface area contributed by atoms with Crippen molar-refractivity contribution >= 4 is 5.69 Å². The summed E-state index contributed by atoms with van der Waals surface area (Å²) in [6.45, 7) is 2.26. The number of anilines is 1. The number of ether oxygens (including phenoxy) is 2. The Hall–Kier alpha value is -1.73. The zero-order chi connectivity index (χ0) is 12.1. The molecule has 17 heavy (non-hydrogen) atoms. The molecule has 0 bridgehead atoms. The van der Waals surface area contributed by atoms with Gasteiger partial charge in [0.15, 0.2) is 0 Å². The van der Waals surface area contributed by atoms with Crippen LogP contribution < -0.4 is 10.5 Å². The van der Waals surface area contributed by atoms with Crippen molar-refractivity contribution in [3.05, 3.63) is 23.8 Å². The van der Waals surface area contributed by atoms with Crippen LogP contribution in [0.3, 0.4) is 0 Å². The van der Waals surface area contributed by atoms with Gasteiger partial charge in [0.2, 0.25) is 0 Å². The summed E-state index contributed by atoms with van der Waals surface area (Å²) in [5.74, 6) is 1.13. The first-order valence-electron chi connectivity index (χ1n) is 5.80. The number of nitrogen functional groups attached to an aromatic ring is 1. The quantitative estimate of drug-likeness (QED) is 0.809. The van der Waals surface area contributed by atoms with Gasteiger partial charge in [-0.2, -0.15) is 5.26 Å². The minimum absolute atomic E-state index is 0.432. The zero-order valence-corrected chi connectivity index (χ0v) is 9.69. The van der Waals surface area contributed by atoms with E-state index < -0.39 is 0 Å². The fourth-order valence-corrected chi connectivity index (χ4v) is 1.89. The van der Waals surface area contributed by atoms with Crippen molar-refractivity contribution in [1.29, 1.82) is 5.26 Å². The highest BCUT2D eigenvalue weighted by Crippen LogP contribution is 2.26. The van der Waals surface area contributed by atoms with E-state index in [0.717, 1.165) is 26.1 Å². The summed E-state index contributed by atoms with van der Waals surface area (Å²) in [7, 11) is 0. The molecular formula is C13H16N2O2. The number of hydrogen-bond donors (Lipinski definition) is 1. The summed E-state index contributed by atoms with van der Waals surface area (Å²) in [4.78, 5) is 0. The van der Waals surface area contributed by atoms with E-state index in [-0.39, 0.29) is 0 Å². The fourth-order valence-electron chi connectivity index (χ4n) is 1.89. The molecule has 0 unspecified atom stereocenters. The second-order valence-electron chi connectivity index (χ2n) is 4.20. The van der Waals surface area contributed by atoms with Crippen molar-refractivity contribution < 1.29 is 9.47 Å². The second-order valence-corrected chi connectivity index (χ2v) is 4.20. The lowest BCUT2D eigenvalue weighted by Gasteiger charge is -2.22. The van der Waals surface area contributed by atoms with Crippen molar-refractivity contribution in [1.82, 2.24) is 0 Å². The van der Waals surface area contributed by atoms with Crippen molar-refractivity contribution in [2.24, 2.45) is 5.92 Å². The minimum Gasteiger partial charge on any atom is -0.491 e. The smallest absolute Gasteiger partial charge is 0.143 e. The Morgan fingerprint density at radius 2 is 2.18 bits per heavy atom. The standard InChI is InChI=1S/C13H16N2O2/c14-8-11-2-1-3-12(13(11)15)17-9-10-4-6-16-7-5-10/h1-3,10H,4-7,9,15H2. The third kappa shape index (κ3) is 2.89. The Balaban J connectivity index is 1.96. The highest BCUT2D eigenvalue weighted by Gasteiger charge is 2.15. The molecule has 90 valence electrons. The van der Waals surface area contributed by atoms with Crippen LogP contribution in [0.2, 0.25) is 0 Å². The molecule has 0 atom stereocenters. The van der Waals surface area contributed by atoms with Crippen LogP contribution in [0.1, 0.15) is 18.4 Å². The summed E-state index contributed by atoms with van der Waals surface area (Å²) in [5, 5.41) is 8.86. The number of nitriles is 1. The Labute approximate surface area is 101 Å². The van der Waals surface area contributed by atoms with Crippen molar-refractivity contribution in [3.8, 4) is 11.8 Å². The van der Waals surface area contributed by atoms with E-state index in [9.17, 15) is 0 Å². The Kier molecular flexibility index (Phi) is 3.84. The molecule has 4 nitrogen and oxygen atoms in total. The van der Waals surface area contributed by atoms with Gasteiger partial charge in [-0.25, -0.2) is 0 Å². The van der Waals surface area contributed by atoms with Gasteiger partial charge >= 0.3 is 0 Å². The Bertz CT molecular complexity index is 420. The first-order valence-corrected chi connectivity index (χ1v) is 5.80. The molecule has 0 aliphatic carbocycles. The van der Waals surface area contributed by atoms with E-state index in [2.05, 4.69) is 0 Å². The van der Waals surface area contributed by atoms with Crippen molar-refractivity contribution in [2.45, 2.75) is 12.8 Å². The Morgan fingerprint density at radius 3 is 2.88 bits per heavy atom. The van der Waals surface area contributed by atoms with Crippen LogP contribution in [-0.2, 0) is 4.74 Å². The van der Waals surface area contributed by atoms with E-state index in [0.29, 0.717) is 29.5 Å². The number of para-hydroxylation sites is 1. The second kappa shape index (κ2) is 5.55. The molecule has 2 rings (SSSR count). The number of rotatable bonds is 3. The average molecular weight is 232 g/mol. The molecule has 1 aliphatic heterocycles. The van der Waals surface area contributed by atoms with Crippen LogP contribution in [0.15, 0.2) is 18.2 Å². The molecule has 0 spiro atoms. The highest BCUT2D eigenvalue weighted by molar-refractivity contribution is 5.62. The minimum atomic E-state index is 0.432. The summed E-state index contributed by atoms with van der Waals surface area (Å²) < 4.78 is 11.0. The molecular weight excluding hydrogens is 216 g/mol. The molecule has 1 saturated heterocycles. The van der Waals surface area contributed by atoms with Gasteiger partial charge in [-0.05, 0) is 30.9 Å². The maximum atomic E-state index is 8.86. The molecule has 0 saturated carbocycles. The maximum Gasteiger partial charge on any atom is 0.143 e. The average Bonchev–Trinajstić information content (AvgIpc) is 2.39. The van der Waals surface area contributed by atoms with Crippen molar-refractivity contribution in [3.63, 3.8) is 0 Å². The van der Waals surface area contributed by atoms with Crippen LogP contribution in [0, 0.1) is 17.2 Å². The topological polar surface area (TPSA) is 68.3 Å². The lowest BCUT2D eigenvalue weighted by Crippen LogP contribution is -2.21. The van der Waals surface area contributed by atoms with Gasteiger partial charge in [-0.1, -0.05) is 6.07 Å². The molecule has 1 heterocycles. The molecule has 1 aromatic rings. The van der Waals surface area contributed by atoms with E-state index in [1.54, 1.807) is 18.2 Å². The molecule has 2 N–H and O–H groups in total. The lowest BCUT2D eigenvalue weighted by atomic mass is 10.0. The van der Waals surface area contributed by atoms with Gasteiger partial charge in [-0.15, -0.1) is 0 Å². The molecule has 4 heteroatoms. The normalized spacial score (nSPS) is 16.4. The van der Waals surface area contributed by atoms with E-state index in [4.69, 9.17) is 20.5 Å². The summed E-state index contributed by atoms with van der Waals surface area (Å²) in [6, 6.07) is 7.33. The van der Waals surface area contributed by atoms with Gasteiger partial charge in [0, 0.05) is 13.2 Å². The van der Waals surface area contributed by atoms with Gasteiger partial charge in [0.1, 0.15) is 11.8 Å². The van der Waals surface area contributed by atoms with Crippen molar-refractivity contribution in [2.75, 3.05) is 25.6 Å². The number of hydrogen-bond acceptors (Lipinski definition) is 4. The van der Waals surface area contributed by atoms with Crippen LogP contribution in [-0.4, -0.2) is 19.8 Å². The summed E-state index contributed by atoms with van der Waals surface area (Å²) in [6.07, 6.45) is 2.05. The monoisotopic (exact) mass is 232 g/mol. The third-order valence-electron chi connectivity index (χ3n) is 3.00. The van der Waals surface area contributed by atoms with Crippen LogP contribution in [0.5, 0.6) is 5.75 Å². The van der Waals surface area contributed by atoms with Crippen LogP contribution in [0.4, 0.5) is 5.69 Å². The molecule has 1 aliphatic rings. The first kappa shape index (κ1) is 11.7. The number of nitrogens with two attached hydrogens (primary N) is 1. The molecule has 1 fully saturated rings. The molecule has 0 amide bonds. The number of benzene rings is 1. The maximum absolute atomic E-state index is 8.86. The predicted molar refractivity (Wildman–Crippen MR) is 64.6 cm³/mol. The summed E-state index contributed by atoms with van der Waals surface area (Å²) >= 11 is 0. The largest absolute Gasteiger partial charge is 0.491 e. The fraction of sp³-hybridized carbons (Fsp3) is 0.462. The van der Waals surface area contributed by atoms with Gasteiger partial charge in [0.05, 0.1) is 17.9 Å². The SMILES string of the molecule is N#Cc1cccc(OCC2CCOCC2)c1N.